The molecule has 0 unspecified atom stereocenters. The summed E-state index contributed by atoms with van der Waals surface area (Å²) in [5, 5.41) is 2.87. The van der Waals surface area contributed by atoms with E-state index in [1.54, 1.807) is 12.1 Å². The molecule has 0 fully saturated rings. The van der Waals surface area contributed by atoms with Crippen molar-refractivity contribution in [2.75, 3.05) is 0 Å². The van der Waals surface area contributed by atoms with E-state index in [9.17, 15) is 9.18 Å². The Morgan fingerprint density at radius 1 is 0.760 bits per heavy atom. The summed E-state index contributed by atoms with van der Waals surface area (Å²) in [6, 6.07) is 24.9. The van der Waals surface area contributed by atoms with Gasteiger partial charge in [0.25, 0.3) is 5.91 Å². The van der Waals surface area contributed by atoms with Crippen LogP contribution in [0.1, 0.15) is 16.7 Å². The summed E-state index contributed by atoms with van der Waals surface area (Å²) >= 11 is 0. The maximum absolute atomic E-state index is 13.2. The zero-order valence-electron chi connectivity index (χ0n) is 13.3. The molecule has 0 aliphatic carbocycles. The number of nitrogens with one attached hydrogen (secondary N) is 1. The van der Waals surface area contributed by atoms with Crippen molar-refractivity contribution in [2.24, 2.45) is 4.99 Å². The zero-order valence-corrected chi connectivity index (χ0v) is 13.3. The molecule has 0 aromatic heterocycles. The SMILES string of the molecule is O=C1NC(c2ccc(F)cc2)=NC1(c1ccccc1)c1ccccc1. The van der Waals surface area contributed by atoms with Gasteiger partial charge in [-0.15, -0.1) is 0 Å². The highest BCUT2D eigenvalue weighted by Crippen LogP contribution is 2.37. The Hall–Kier alpha value is -3.27. The molecule has 25 heavy (non-hydrogen) atoms. The number of benzene rings is 3. The number of aliphatic imine (C=N–C) groups is 1. The number of rotatable bonds is 3. The molecule has 0 radical (unpaired) electrons. The van der Waals surface area contributed by atoms with Crippen molar-refractivity contribution in [3.05, 3.63) is 107 Å². The molecule has 1 amide bonds. The van der Waals surface area contributed by atoms with Gasteiger partial charge in [-0.25, -0.2) is 9.38 Å². The Morgan fingerprint density at radius 3 is 1.80 bits per heavy atom. The van der Waals surface area contributed by atoms with E-state index in [-0.39, 0.29) is 11.7 Å². The Balaban J connectivity index is 1.92. The highest BCUT2D eigenvalue weighted by Gasteiger charge is 2.46. The minimum atomic E-state index is -1.15. The Kier molecular flexibility index (Phi) is 3.65. The van der Waals surface area contributed by atoms with E-state index in [0.29, 0.717) is 11.4 Å². The predicted molar refractivity (Wildman–Crippen MR) is 94.7 cm³/mol. The molecule has 3 aromatic carbocycles. The molecular weight excluding hydrogens is 315 g/mol. The minimum absolute atomic E-state index is 0.218. The first kappa shape index (κ1) is 15.3. The first-order chi connectivity index (χ1) is 12.2. The van der Waals surface area contributed by atoms with Crippen LogP contribution in [0.2, 0.25) is 0 Å². The molecule has 3 aromatic rings. The van der Waals surface area contributed by atoms with Crippen molar-refractivity contribution in [3.8, 4) is 0 Å². The lowest BCUT2D eigenvalue weighted by atomic mass is 9.83. The molecule has 0 bridgehead atoms. The van der Waals surface area contributed by atoms with Gasteiger partial charge in [-0.2, -0.15) is 0 Å². The summed E-state index contributed by atoms with van der Waals surface area (Å²) in [5.41, 5.74) is 1.10. The average Bonchev–Trinajstić information content (AvgIpc) is 3.02. The van der Waals surface area contributed by atoms with Crippen molar-refractivity contribution in [3.63, 3.8) is 0 Å². The topological polar surface area (TPSA) is 41.5 Å². The molecule has 0 spiro atoms. The number of hydrogen-bond donors (Lipinski definition) is 1. The average molecular weight is 330 g/mol. The van der Waals surface area contributed by atoms with Crippen LogP contribution >= 0.6 is 0 Å². The van der Waals surface area contributed by atoms with Crippen LogP contribution in [0, 0.1) is 5.82 Å². The summed E-state index contributed by atoms with van der Waals surface area (Å²) in [6.07, 6.45) is 0. The van der Waals surface area contributed by atoms with Crippen LogP contribution in [-0.4, -0.2) is 11.7 Å². The third kappa shape index (κ3) is 2.52. The second-order valence-corrected chi connectivity index (χ2v) is 5.86. The molecule has 0 saturated carbocycles. The zero-order chi connectivity index (χ0) is 17.3. The summed E-state index contributed by atoms with van der Waals surface area (Å²) in [4.78, 5) is 17.8. The number of amidine groups is 1. The Labute approximate surface area is 144 Å². The molecule has 0 atom stereocenters. The first-order valence-electron chi connectivity index (χ1n) is 7.98. The van der Waals surface area contributed by atoms with Crippen LogP contribution in [0.15, 0.2) is 89.9 Å². The predicted octanol–water partition coefficient (Wildman–Crippen LogP) is 3.65. The van der Waals surface area contributed by atoms with Crippen molar-refractivity contribution < 1.29 is 9.18 Å². The number of nitrogens with zero attached hydrogens (tertiary/aromatic N) is 1. The van der Waals surface area contributed by atoms with Crippen LogP contribution in [-0.2, 0) is 10.3 Å². The van der Waals surface area contributed by atoms with Crippen molar-refractivity contribution >= 4 is 11.7 Å². The van der Waals surface area contributed by atoms with Crippen molar-refractivity contribution in [1.29, 1.82) is 0 Å². The summed E-state index contributed by atoms with van der Waals surface area (Å²) in [6.45, 7) is 0. The molecule has 0 saturated heterocycles. The lowest BCUT2D eigenvalue weighted by Gasteiger charge is -2.24. The third-order valence-electron chi connectivity index (χ3n) is 4.34. The molecule has 4 rings (SSSR count). The van der Waals surface area contributed by atoms with E-state index in [0.717, 1.165) is 11.1 Å². The van der Waals surface area contributed by atoms with Gasteiger partial charge >= 0.3 is 0 Å². The highest BCUT2D eigenvalue weighted by atomic mass is 19.1. The van der Waals surface area contributed by atoms with E-state index in [2.05, 4.69) is 5.32 Å². The van der Waals surface area contributed by atoms with Crippen LogP contribution in [0.4, 0.5) is 4.39 Å². The van der Waals surface area contributed by atoms with Crippen LogP contribution < -0.4 is 5.32 Å². The van der Waals surface area contributed by atoms with Crippen molar-refractivity contribution in [2.45, 2.75) is 5.54 Å². The quantitative estimate of drug-likeness (QED) is 0.782. The maximum atomic E-state index is 13.2. The number of carbonyl (C=O) groups is 1. The normalized spacial score (nSPS) is 15.6. The Morgan fingerprint density at radius 2 is 1.28 bits per heavy atom. The smallest absolute Gasteiger partial charge is 0.262 e. The van der Waals surface area contributed by atoms with Gasteiger partial charge in [0.05, 0.1) is 0 Å². The minimum Gasteiger partial charge on any atom is -0.308 e. The van der Waals surface area contributed by atoms with Gasteiger partial charge in [-0.1, -0.05) is 60.7 Å². The summed E-state index contributed by atoms with van der Waals surface area (Å²) in [7, 11) is 0. The summed E-state index contributed by atoms with van der Waals surface area (Å²) in [5.74, 6) is -0.104. The van der Waals surface area contributed by atoms with Gasteiger partial charge in [0.15, 0.2) is 5.54 Å². The maximum Gasteiger partial charge on any atom is 0.262 e. The largest absolute Gasteiger partial charge is 0.308 e. The van der Waals surface area contributed by atoms with E-state index >= 15 is 0 Å². The fourth-order valence-electron chi connectivity index (χ4n) is 3.11. The fraction of sp³-hybridized carbons (Fsp3) is 0.0476. The van der Waals surface area contributed by atoms with Gasteiger partial charge < -0.3 is 5.32 Å². The molecule has 1 heterocycles. The van der Waals surface area contributed by atoms with Gasteiger partial charge in [-0.05, 0) is 35.4 Å². The van der Waals surface area contributed by atoms with Crippen LogP contribution in [0.3, 0.4) is 0 Å². The molecular formula is C21H15FN2O. The Bertz CT molecular complexity index is 895. The lowest BCUT2D eigenvalue weighted by Crippen LogP contribution is -2.38. The highest BCUT2D eigenvalue weighted by molar-refractivity contribution is 6.16. The molecule has 122 valence electrons. The van der Waals surface area contributed by atoms with Gasteiger partial charge in [-0.3, -0.25) is 4.79 Å². The van der Waals surface area contributed by atoms with Gasteiger partial charge in [0.2, 0.25) is 0 Å². The number of amides is 1. The molecule has 1 N–H and O–H groups in total. The molecule has 4 heteroatoms. The second kappa shape index (κ2) is 5.98. The monoisotopic (exact) mass is 330 g/mol. The molecule has 1 aliphatic rings. The standard InChI is InChI=1S/C21H15FN2O/c22-18-13-11-15(12-14-18)19-23-20(25)21(24-19,16-7-3-1-4-8-16)17-9-5-2-6-10-17/h1-14H,(H,23,24,25). The van der Waals surface area contributed by atoms with E-state index in [4.69, 9.17) is 4.99 Å². The number of carbonyl (C=O) groups excluding carboxylic acids is 1. The molecule has 3 nitrogen and oxygen atoms in total. The van der Waals surface area contributed by atoms with E-state index in [1.807, 2.05) is 60.7 Å². The van der Waals surface area contributed by atoms with E-state index < -0.39 is 5.54 Å². The van der Waals surface area contributed by atoms with Crippen molar-refractivity contribution in [1.82, 2.24) is 5.32 Å². The van der Waals surface area contributed by atoms with Crippen LogP contribution in [0.25, 0.3) is 0 Å². The number of hydrogen-bond acceptors (Lipinski definition) is 2. The fourth-order valence-corrected chi connectivity index (χ4v) is 3.11. The summed E-state index contributed by atoms with van der Waals surface area (Å²) < 4.78 is 13.2. The van der Waals surface area contributed by atoms with Gasteiger partial charge in [0, 0.05) is 5.56 Å². The van der Waals surface area contributed by atoms with Gasteiger partial charge in [0.1, 0.15) is 11.7 Å². The van der Waals surface area contributed by atoms with Crippen LogP contribution in [0.5, 0.6) is 0 Å². The lowest BCUT2D eigenvalue weighted by molar-refractivity contribution is -0.122. The van der Waals surface area contributed by atoms with E-state index in [1.165, 1.54) is 12.1 Å². The second-order valence-electron chi connectivity index (χ2n) is 5.86. The molecule has 1 aliphatic heterocycles. The third-order valence-corrected chi connectivity index (χ3v) is 4.34. The first-order valence-corrected chi connectivity index (χ1v) is 7.98. The number of halogens is 1.